The van der Waals surface area contributed by atoms with E-state index in [1.807, 2.05) is 6.07 Å². The maximum Gasteiger partial charge on any atom is 0.251 e. The average Bonchev–Trinajstić information content (AvgIpc) is 2.31. The van der Waals surface area contributed by atoms with E-state index in [1.165, 1.54) is 24.0 Å². The molecule has 0 saturated carbocycles. The topological polar surface area (TPSA) is 69.5 Å². The molecule has 0 aliphatic rings. The zero-order valence-corrected chi connectivity index (χ0v) is 10.0. The summed E-state index contributed by atoms with van der Waals surface area (Å²) >= 11 is 7.00. The lowest BCUT2D eigenvalue weighted by atomic mass is 10.2. The summed E-state index contributed by atoms with van der Waals surface area (Å²) in [5, 5.41) is 9.90. The third-order valence-electron chi connectivity index (χ3n) is 1.92. The Kier molecular flexibility index (Phi) is 3.47. The van der Waals surface area contributed by atoms with Crippen molar-refractivity contribution in [2.45, 2.75) is 10.1 Å². The van der Waals surface area contributed by atoms with Crippen LogP contribution >= 0.6 is 23.4 Å². The molecule has 1 heterocycles. The highest BCUT2D eigenvalue weighted by Crippen LogP contribution is 2.28. The number of rotatable bonds is 2. The SMILES string of the molecule is N#Cc1cc(Cl)ccc1Sc1nccc(=O)[nH]1. The van der Waals surface area contributed by atoms with E-state index in [-0.39, 0.29) is 5.56 Å². The molecule has 0 saturated heterocycles. The van der Waals surface area contributed by atoms with Gasteiger partial charge in [0.05, 0.1) is 5.56 Å². The van der Waals surface area contributed by atoms with Gasteiger partial charge in [0.25, 0.3) is 5.56 Å². The molecule has 0 atom stereocenters. The minimum atomic E-state index is -0.227. The maximum atomic E-state index is 11.1. The number of hydrogen-bond donors (Lipinski definition) is 1. The standard InChI is InChI=1S/C11H6ClN3OS/c12-8-1-2-9(7(5-8)6-13)17-11-14-4-3-10(16)15-11/h1-5H,(H,14,15,16). The van der Waals surface area contributed by atoms with Gasteiger partial charge in [-0.05, 0) is 18.2 Å². The molecular formula is C11H6ClN3OS. The van der Waals surface area contributed by atoms with E-state index < -0.39 is 0 Å². The molecule has 1 N–H and O–H groups in total. The van der Waals surface area contributed by atoms with E-state index in [9.17, 15) is 4.79 Å². The van der Waals surface area contributed by atoms with Crippen molar-refractivity contribution in [2.24, 2.45) is 0 Å². The number of nitrogens with zero attached hydrogens (tertiary/aromatic N) is 2. The van der Waals surface area contributed by atoms with Crippen LogP contribution < -0.4 is 5.56 Å². The molecular weight excluding hydrogens is 258 g/mol. The van der Waals surface area contributed by atoms with Crippen molar-refractivity contribution in [2.75, 3.05) is 0 Å². The summed E-state index contributed by atoms with van der Waals surface area (Å²) < 4.78 is 0. The van der Waals surface area contributed by atoms with Crippen LogP contribution in [-0.4, -0.2) is 9.97 Å². The van der Waals surface area contributed by atoms with Crippen LogP contribution in [0.4, 0.5) is 0 Å². The molecule has 1 aromatic heterocycles. The summed E-state index contributed by atoms with van der Waals surface area (Å²) in [6.07, 6.45) is 1.42. The number of aromatic nitrogens is 2. The van der Waals surface area contributed by atoms with E-state index in [1.54, 1.807) is 18.2 Å². The highest BCUT2D eigenvalue weighted by atomic mass is 35.5. The summed E-state index contributed by atoms with van der Waals surface area (Å²) in [6.45, 7) is 0. The lowest BCUT2D eigenvalue weighted by molar-refractivity contribution is 0.936. The van der Waals surface area contributed by atoms with Crippen molar-refractivity contribution >= 4 is 23.4 Å². The largest absolute Gasteiger partial charge is 0.301 e. The van der Waals surface area contributed by atoms with E-state index in [2.05, 4.69) is 9.97 Å². The van der Waals surface area contributed by atoms with Gasteiger partial charge in [0, 0.05) is 22.2 Å². The molecule has 6 heteroatoms. The van der Waals surface area contributed by atoms with Crippen molar-refractivity contribution in [3.8, 4) is 6.07 Å². The third-order valence-corrected chi connectivity index (χ3v) is 3.13. The minimum absolute atomic E-state index is 0.227. The normalized spacial score (nSPS) is 9.88. The van der Waals surface area contributed by atoms with Gasteiger partial charge >= 0.3 is 0 Å². The van der Waals surface area contributed by atoms with E-state index in [0.29, 0.717) is 20.6 Å². The van der Waals surface area contributed by atoms with Crippen molar-refractivity contribution in [1.29, 1.82) is 5.26 Å². The highest BCUT2D eigenvalue weighted by molar-refractivity contribution is 7.99. The van der Waals surface area contributed by atoms with E-state index in [4.69, 9.17) is 16.9 Å². The summed E-state index contributed by atoms with van der Waals surface area (Å²) in [5.74, 6) is 0. The summed E-state index contributed by atoms with van der Waals surface area (Å²) in [7, 11) is 0. The molecule has 0 bridgehead atoms. The van der Waals surface area contributed by atoms with Crippen LogP contribution in [0.2, 0.25) is 5.02 Å². The molecule has 0 unspecified atom stereocenters. The lowest BCUT2D eigenvalue weighted by Crippen LogP contribution is -2.05. The molecule has 17 heavy (non-hydrogen) atoms. The fourth-order valence-electron chi connectivity index (χ4n) is 1.19. The molecule has 0 radical (unpaired) electrons. The molecule has 2 aromatic rings. The van der Waals surface area contributed by atoms with Gasteiger partial charge in [-0.15, -0.1) is 0 Å². The molecule has 1 aromatic carbocycles. The van der Waals surface area contributed by atoms with Crippen LogP contribution in [0.5, 0.6) is 0 Å². The molecule has 0 spiro atoms. The second-order valence-corrected chi connectivity index (χ2v) is 4.56. The lowest BCUT2D eigenvalue weighted by Gasteiger charge is -2.02. The van der Waals surface area contributed by atoms with Gasteiger partial charge in [0.15, 0.2) is 5.16 Å². The maximum absolute atomic E-state index is 11.1. The first-order chi connectivity index (χ1) is 8.19. The van der Waals surface area contributed by atoms with Crippen molar-refractivity contribution in [3.63, 3.8) is 0 Å². The number of halogens is 1. The Morgan fingerprint density at radius 3 is 2.94 bits per heavy atom. The van der Waals surface area contributed by atoms with Gasteiger partial charge in [-0.1, -0.05) is 23.4 Å². The number of hydrogen-bond acceptors (Lipinski definition) is 4. The Bertz CT molecular complexity index is 648. The molecule has 0 amide bonds. The molecule has 0 aliphatic heterocycles. The molecule has 4 nitrogen and oxygen atoms in total. The molecule has 0 fully saturated rings. The van der Waals surface area contributed by atoms with E-state index in [0.717, 1.165) is 0 Å². The van der Waals surface area contributed by atoms with Gasteiger partial charge in [-0.2, -0.15) is 5.26 Å². The van der Waals surface area contributed by atoms with Crippen LogP contribution in [0, 0.1) is 11.3 Å². The number of aromatic amines is 1. The zero-order valence-electron chi connectivity index (χ0n) is 8.48. The molecule has 84 valence electrons. The van der Waals surface area contributed by atoms with Crippen LogP contribution in [-0.2, 0) is 0 Å². The Hall–Kier alpha value is -1.77. The van der Waals surface area contributed by atoms with Crippen LogP contribution in [0.1, 0.15) is 5.56 Å². The number of nitriles is 1. The highest BCUT2D eigenvalue weighted by Gasteiger charge is 2.06. The Labute approximate surface area is 106 Å². The quantitative estimate of drug-likeness (QED) is 0.845. The Balaban J connectivity index is 2.37. The first-order valence-electron chi connectivity index (χ1n) is 4.62. The average molecular weight is 264 g/mol. The monoisotopic (exact) mass is 263 g/mol. The molecule has 0 aliphatic carbocycles. The Morgan fingerprint density at radius 2 is 2.24 bits per heavy atom. The fourth-order valence-corrected chi connectivity index (χ4v) is 2.18. The first-order valence-corrected chi connectivity index (χ1v) is 5.81. The van der Waals surface area contributed by atoms with Crippen LogP contribution in [0.25, 0.3) is 0 Å². The Morgan fingerprint density at radius 1 is 1.41 bits per heavy atom. The van der Waals surface area contributed by atoms with E-state index >= 15 is 0 Å². The summed E-state index contributed by atoms with van der Waals surface area (Å²) in [5.41, 5.74) is 0.226. The number of nitrogens with one attached hydrogen (secondary N) is 1. The van der Waals surface area contributed by atoms with Crippen molar-refractivity contribution in [1.82, 2.24) is 9.97 Å². The predicted molar refractivity (Wildman–Crippen MR) is 65.1 cm³/mol. The second kappa shape index (κ2) is 5.04. The van der Waals surface area contributed by atoms with Gasteiger partial charge in [-0.25, -0.2) is 4.98 Å². The molecule has 2 rings (SSSR count). The third kappa shape index (κ3) is 2.87. The number of benzene rings is 1. The predicted octanol–water partition coefficient (Wildman–Crippen LogP) is 2.45. The zero-order chi connectivity index (χ0) is 12.3. The van der Waals surface area contributed by atoms with Gasteiger partial charge in [-0.3, -0.25) is 4.79 Å². The van der Waals surface area contributed by atoms with Gasteiger partial charge in [0.2, 0.25) is 0 Å². The fraction of sp³-hybridized carbons (Fsp3) is 0. The second-order valence-electron chi connectivity index (χ2n) is 3.09. The smallest absolute Gasteiger partial charge is 0.251 e. The van der Waals surface area contributed by atoms with Crippen LogP contribution in [0.3, 0.4) is 0 Å². The minimum Gasteiger partial charge on any atom is -0.301 e. The summed E-state index contributed by atoms with van der Waals surface area (Å²) in [6, 6.07) is 8.36. The number of H-pyrrole nitrogens is 1. The van der Waals surface area contributed by atoms with Gasteiger partial charge < -0.3 is 4.98 Å². The first kappa shape index (κ1) is 11.7. The summed E-state index contributed by atoms with van der Waals surface area (Å²) in [4.78, 5) is 18.4. The van der Waals surface area contributed by atoms with Crippen LogP contribution in [0.15, 0.2) is 45.3 Å². The van der Waals surface area contributed by atoms with Crippen molar-refractivity contribution in [3.05, 3.63) is 51.4 Å². The van der Waals surface area contributed by atoms with Crippen molar-refractivity contribution < 1.29 is 0 Å². The van der Waals surface area contributed by atoms with Gasteiger partial charge in [0.1, 0.15) is 6.07 Å².